The second-order valence-electron chi connectivity index (χ2n) is 3.85. The van der Waals surface area contributed by atoms with Crippen molar-refractivity contribution in [2.75, 3.05) is 19.8 Å². The zero-order chi connectivity index (χ0) is 13.4. The molecule has 0 aliphatic carbocycles. The standard InChI is InChI=1S/C13H17ClFNO2/c1-2-7-18-8-3-6-16-13(17)11-9-10(14)4-5-12(11)15/h4-5,9H,2-3,6-8H2,1H3,(H,16,17). The van der Waals surface area contributed by atoms with Gasteiger partial charge < -0.3 is 10.1 Å². The van der Waals surface area contributed by atoms with Gasteiger partial charge in [0, 0.05) is 24.8 Å². The Kier molecular flexibility index (Phi) is 6.68. The summed E-state index contributed by atoms with van der Waals surface area (Å²) in [7, 11) is 0. The van der Waals surface area contributed by atoms with Crippen LogP contribution < -0.4 is 5.32 Å². The van der Waals surface area contributed by atoms with E-state index in [1.165, 1.54) is 18.2 Å². The van der Waals surface area contributed by atoms with Gasteiger partial charge in [-0.3, -0.25) is 4.79 Å². The van der Waals surface area contributed by atoms with Crippen LogP contribution in [0.4, 0.5) is 4.39 Å². The number of ether oxygens (including phenoxy) is 1. The van der Waals surface area contributed by atoms with E-state index in [1.807, 2.05) is 6.92 Å². The summed E-state index contributed by atoms with van der Waals surface area (Å²) in [6.07, 6.45) is 1.67. The molecular weight excluding hydrogens is 257 g/mol. The molecule has 0 aliphatic heterocycles. The topological polar surface area (TPSA) is 38.3 Å². The number of amides is 1. The number of halogens is 2. The van der Waals surface area contributed by atoms with E-state index in [1.54, 1.807) is 0 Å². The van der Waals surface area contributed by atoms with Crippen LogP contribution in [0, 0.1) is 5.82 Å². The van der Waals surface area contributed by atoms with Gasteiger partial charge >= 0.3 is 0 Å². The molecule has 0 aromatic heterocycles. The Balaban J connectivity index is 2.34. The van der Waals surface area contributed by atoms with Crippen molar-refractivity contribution in [3.05, 3.63) is 34.6 Å². The molecule has 1 aromatic carbocycles. The van der Waals surface area contributed by atoms with Gasteiger partial charge in [0.2, 0.25) is 0 Å². The average Bonchev–Trinajstić information content (AvgIpc) is 2.36. The monoisotopic (exact) mass is 273 g/mol. The summed E-state index contributed by atoms with van der Waals surface area (Å²) in [6, 6.07) is 3.91. The molecule has 1 N–H and O–H groups in total. The van der Waals surface area contributed by atoms with Gasteiger partial charge in [0.15, 0.2) is 0 Å². The van der Waals surface area contributed by atoms with E-state index in [0.717, 1.165) is 13.0 Å². The van der Waals surface area contributed by atoms with Crippen LogP contribution in [0.2, 0.25) is 5.02 Å². The molecule has 1 aromatic rings. The van der Waals surface area contributed by atoms with Crippen LogP contribution in [0.15, 0.2) is 18.2 Å². The third-order valence-electron chi connectivity index (χ3n) is 2.27. The van der Waals surface area contributed by atoms with Crippen LogP contribution in [0.5, 0.6) is 0 Å². The maximum atomic E-state index is 13.4. The van der Waals surface area contributed by atoms with Crippen LogP contribution in [0.1, 0.15) is 30.1 Å². The minimum atomic E-state index is -0.570. The highest BCUT2D eigenvalue weighted by atomic mass is 35.5. The van der Waals surface area contributed by atoms with Gasteiger partial charge in [0.25, 0.3) is 5.91 Å². The molecule has 0 heterocycles. The minimum absolute atomic E-state index is 0.0306. The molecule has 100 valence electrons. The highest BCUT2D eigenvalue weighted by molar-refractivity contribution is 6.30. The summed E-state index contributed by atoms with van der Waals surface area (Å²) in [4.78, 5) is 11.7. The van der Waals surface area contributed by atoms with Crippen molar-refractivity contribution in [3.63, 3.8) is 0 Å². The van der Waals surface area contributed by atoms with E-state index >= 15 is 0 Å². The summed E-state index contributed by atoms with van der Waals surface area (Å²) >= 11 is 5.71. The molecule has 0 saturated carbocycles. The Hall–Kier alpha value is -1.13. The van der Waals surface area contributed by atoms with Gasteiger partial charge in [0.05, 0.1) is 5.56 Å². The Morgan fingerprint density at radius 3 is 2.94 bits per heavy atom. The summed E-state index contributed by atoms with van der Waals surface area (Å²) in [6.45, 7) is 3.79. The lowest BCUT2D eigenvalue weighted by Crippen LogP contribution is -2.26. The summed E-state index contributed by atoms with van der Waals surface area (Å²) in [5, 5.41) is 2.97. The van der Waals surface area contributed by atoms with E-state index in [9.17, 15) is 9.18 Å². The predicted molar refractivity (Wildman–Crippen MR) is 69.5 cm³/mol. The highest BCUT2D eigenvalue weighted by Gasteiger charge is 2.11. The molecule has 0 saturated heterocycles. The zero-order valence-corrected chi connectivity index (χ0v) is 11.1. The molecule has 18 heavy (non-hydrogen) atoms. The number of nitrogens with one attached hydrogen (secondary N) is 1. The van der Waals surface area contributed by atoms with E-state index in [2.05, 4.69) is 5.32 Å². The predicted octanol–water partition coefficient (Wildman–Crippen LogP) is 3.03. The second kappa shape index (κ2) is 8.06. The van der Waals surface area contributed by atoms with E-state index in [0.29, 0.717) is 24.6 Å². The Morgan fingerprint density at radius 1 is 1.44 bits per heavy atom. The van der Waals surface area contributed by atoms with Gasteiger partial charge in [0.1, 0.15) is 5.82 Å². The maximum Gasteiger partial charge on any atom is 0.254 e. The van der Waals surface area contributed by atoms with Gasteiger partial charge in [-0.25, -0.2) is 4.39 Å². The molecule has 5 heteroatoms. The van der Waals surface area contributed by atoms with Gasteiger partial charge in [-0.05, 0) is 31.0 Å². The first-order valence-corrected chi connectivity index (χ1v) is 6.34. The number of rotatable bonds is 7. The molecule has 0 spiro atoms. The number of hydrogen-bond donors (Lipinski definition) is 1. The van der Waals surface area contributed by atoms with Crippen LogP contribution in [0.3, 0.4) is 0 Å². The van der Waals surface area contributed by atoms with Crippen molar-refractivity contribution in [2.45, 2.75) is 19.8 Å². The van der Waals surface area contributed by atoms with Crippen molar-refractivity contribution in [3.8, 4) is 0 Å². The first-order chi connectivity index (χ1) is 8.65. The van der Waals surface area contributed by atoms with E-state index in [-0.39, 0.29) is 5.56 Å². The first-order valence-electron chi connectivity index (χ1n) is 5.96. The van der Waals surface area contributed by atoms with E-state index < -0.39 is 11.7 Å². The quantitative estimate of drug-likeness (QED) is 0.776. The summed E-state index contributed by atoms with van der Waals surface area (Å²) < 4.78 is 18.6. The largest absolute Gasteiger partial charge is 0.381 e. The number of hydrogen-bond acceptors (Lipinski definition) is 2. The fourth-order valence-corrected chi connectivity index (χ4v) is 1.56. The molecule has 0 atom stereocenters. The number of carbonyl (C=O) groups excluding carboxylic acids is 1. The van der Waals surface area contributed by atoms with Crippen molar-refractivity contribution in [1.82, 2.24) is 5.32 Å². The second-order valence-corrected chi connectivity index (χ2v) is 4.28. The molecule has 0 unspecified atom stereocenters. The maximum absolute atomic E-state index is 13.4. The van der Waals surface area contributed by atoms with Crippen LogP contribution in [0.25, 0.3) is 0 Å². The zero-order valence-electron chi connectivity index (χ0n) is 10.3. The molecule has 0 fully saturated rings. The highest BCUT2D eigenvalue weighted by Crippen LogP contribution is 2.14. The smallest absolute Gasteiger partial charge is 0.254 e. The number of benzene rings is 1. The Morgan fingerprint density at radius 2 is 2.22 bits per heavy atom. The fraction of sp³-hybridized carbons (Fsp3) is 0.462. The molecule has 0 aliphatic rings. The summed E-state index contributed by atoms with van der Waals surface area (Å²) in [5.41, 5.74) is -0.0306. The minimum Gasteiger partial charge on any atom is -0.381 e. The van der Waals surface area contributed by atoms with Gasteiger partial charge in [-0.1, -0.05) is 18.5 Å². The Labute approximate surface area is 111 Å². The molecule has 1 rings (SSSR count). The van der Waals surface area contributed by atoms with Crippen LogP contribution in [-0.4, -0.2) is 25.7 Å². The van der Waals surface area contributed by atoms with E-state index in [4.69, 9.17) is 16.3 Å². The molecule has 1 amide bonds. The fourth-order valence-electron chi connectivity index (χ4n) is 1.39. The molecule has 0 bridgehead atoms. The van der Waals surface area contributed by atoms with Gasteiger partial charge in [-0.2, -0.15) is 0 Å². The summed E-state index contributed by atoms with van der Waals surface area (Å²) in [5.74, 6) is -1.02. The lowest BCUT2D eigenvalue weighted by Gasteiger charge is -2.06. The third-order valence-corrected chi connectivity index (χ3v) is 2.51. The SMILES string of the molecule is CCCOCCCNC(=O)c1cc(Cl)ccc1F. The van der Waals surface area contributed by atoms with Gasteiger partial charge in [-0.15, -0.1) is 0 Å². The van der Waals surface area contributed by atoms with Crippen molar-refractivity contribution < 1.29 is 13.9 Å². The van der Waals surface area contributed by atoms with Crippen LogP contribution in [-0.2, 0) is 4.74 Å². The lowest BCUT2D eigenvalue weighted by atomic mass is 10.2. The molecular formula is C13H17ClFNO2. The first kappa shape index (κ1) is 14.9. The Bertz CT molecular complexity index is 399. The average molecular weight is 274 g/mol. The molecule has 0 radical (unpaired) electrons. The third kappa shape index (κ3) is 5.02. The normalized spacial score (nSPS) is 10.4. The van der Waals surface area contributed by atoms with Crippen molar-refractivity contribution in [1.29, 1.82) is 0 Å². The lowest BCUT2D eigenvalue weighted by molar-refractivity contribution is 0.0937. The van der Waals surface area contributed by atoms with Crippen LogP contribution >= 0.6 is 11.6 Å². The van der Waals surface area contributed by atoms with Crippen molar-refractivity contribution in [2.24, 2.45) is 0 Å². The van der Waals surface area contributed by atoms with Crippen molar-refractivity contribution >= 4 is 17.5 Å². The number of carbonyl (C=O) groups is 1. The molecule has 3 nitrogen and oxygen atoms in total.